The van der Waals surface area contributed by atoms with Crippen LogP contribution in [0.15, 0.2) is 182 Å². The molecule has 0 fully saturated rings. The van der Waals surface area contributed by atoms with E-state index in [4.69, 9.17) is 54.8 Å². The van der Waals surface area contributed by atoms with Gasteiger partial charge in [-0.1, -0.05) is 180 Å². The van der Waals surface area contributed by atoms with E-state index in [0.29, 0.717) is 32.3 Å². The molecule has 0 amide bonds. The van der Waals surface area contributed by atoms with Gasteiger partial charge in [0.15, 0.2) is 11.6 Å². The summed E-state index contributed by atoms with van der Waals surface area (Å²) in [4.78, 5) is 18.4. The van der Waals surface area contributed by atoms with Crippen molar-refractivity contribution < 1.29 is 10.0 Å². The van der Waals surface area contributed by atoms with Gasteiger partial charge in [0.2, 0.25) is 0 Å². The predicted octanol–water partition coefficient (Wildman–Crippen LogP) is 10.6. The summed E-state index contributed by atoms with van der Waals surface area (Å²) >= 11 is 17.7. The van der Waals surface area contributed by atoms with E-state index >= 15 is 0 Å². The largest absolute Gasteiger partial charge is 0.488 e. The third kappa shape index (κ3) is 10.7. The van der Waals surface area contributed by atoms with Crippen molar-refractivity contribution in [3.8, 4) is 56.5 Å². The quantitative estimate of drug-likeness (QED) is 0.129. The van der Waals surface area contributed by atoms with Crippen molar-refractivity contribution in [3.63, 3.8) is 0 Å². The molecule has 2 heterocycles. The first kappa shape index (κ1) is 38.1. The molecule has 0 saturated carbocycles. The minimum Gasteiger partial charge on any atom is -0.423 e. The summed E-state index contributed by atoms with van der Waals surface area (Å²) < 4.78 is 0. The normalized spacial score (nSPS) is 10.3. The molecule has 8 aromatic rings. The number of benzene rings is 6. The van der Waals surface area contributed by atoms with Crippen molar-refractivity contribution in [2.45, 2.75) is 0 Å². The van der Waals surface area contributed by atoms with Crippen LogP contribution in [0, 0.1) is 0 Å². The van der Waals surface area contributed by atoms with Crippen LogP contribution in [0.3, 0.4) is 0 Å². The molecule has 264 valence electrons. The van der Waals surface area contributed by atoms with Gasteiger partial charge in [-0.3, -0.25) is 0 Å². The molecule has 0 unspecified atom stereocenters. The third-order valence-corrected chi connectivity index (χ3v) is 8.63. The summed E-state index contributed by atoms with van der Waals surface area (Å²) in [6.45, 7) is 0. The molecular weight excluding hydrogens is 734 g/mol. The van der Waals surface area contributed by atoms with E-state index < -0.39 is 7.12 Å². The van der Waals surface area contributed by atoms with Crippen LogP contribution in [-0.4, -0.2) is 37.1 Å². The van der Waals surface area contributed by atoms with Crippen molar-refractivity contribution in [1.82, 2.24) is 19.9 Å². The standard InChI is InChI=1S/C22H15ClN2.C16H11ClN2.C6H6BClO2/c23-19-13-11-17(12-14-19)21-15-20(16-7-3-1-4-8-16)24-22(25-21)18-9-5-2-6-10-18;17-15-11-14(12-7-3-1-4-8-12)18-16(19-15)13-9-5-2-6-10-13;8-6-3-1-5(2-4-6)7(9)10/h1-15H;1-11H;1-4,9-10H. The van der Waals surface area contributed by atoms with Gasteiger partial charge >= 0.3 is 7.12 Å². The highest BCUT2D eigenvalue weighted by molar-refractivity contribution is 6.58. The zero-order valence-corrected chi connectivity index (χ0v) is 31.0. The highest BCUT2D eigenvalue weighted by Gasteiger charge is 2.11. The maximum absolute atomic E-state index is 8.63. The van der Waals surface area contributed by atoms with Crippen molar-refractivity contribution in [3.05, 3.63) is 197 Å². The van der Waals surface area contributed by atoms with Crippen LogP contribution < -0.4 is 5.46 Å². The SMILES string of the molecule is Clc1cc(-c2ccccc2)nc(-c2ccccc2)n1.Clc1ccc(-c2cc(-c3ccccc3)nc(-c3ccccc3)n2)cc1.OB(O)c1ccc(Cl)cc1. The molecule has 6 nitrogen and oxygen atoms in total. The van der Waals surface area contributed by atoms with Gasteiger partial charge < -0.3 is 10.0 Å². The van der Waals surface area contributed by atoms with Gasteiger partial charge in [0.05, 0.1) is 17.1 Å². The van der Waals surface area contributed by atoms with Gasteiger partial charge in [-0.25, -0.2) is 19.9 Å². The molecule has 0 saturated heterocycles. The van der Waals surface area contributed by atoms with E-state index in [1.54, 1.807) is 30.3 Å². The topological polar surface area (TPSA) is 92.0 Å². The monoisotopic (exact) mass is 764 g/mol. The van der Waals surface area contributed by atoms with Gasteiger partial charge in [-0.2, -0.15) is 0 Å². The molecule has 0 bridgehead atoms. The van der Waals surface area contributed by atoms with Gasteiger partial charge in [0.1, 0.15) is 5.15 Å². The summed E-state index contributed by atoms with van der Waals surface area (Å²) in [5, 5.41) is 19.0. The lowest BCUT2D eigenvalue weighted by atomic mass is 9.81. The Labute approximate surface area is 329 Å². The smallest absolute Gasteiger partial charge is 0.423 e. The highest BCUT2D eigenvalue weighted by atomic mass is 35.5. The second-order valence-electron chi connectivity index (χ2n) is 11.8. The van der Waals surface area contributed by atoms with Crippen molar-refractivity contribution in [2.24, 2.45) is 0 Å². The van der Waals surface area contributed by atoms with Crippen LogP contribution in [0.1, 0.15) is 0 Å². The Morgan fingerprint density at radius 2 is 0.685 bits per heavy atom. The fourth-order valence-electron chi connectivity index (χ4n) is 5.21. The van der Waals surface area contributed by atoms with E-state index in [1.807, 2.05) is 140 Å². The molecule has 0 spiro atoms. The number of aromatic nitrogens is 4. The molecule has 6 aromatic carbocycles. The second-order valence-corrected chi connectivity index (χ2v) is 13.0. The second kappa shape index (κ2) is 18.9. The van der Waals surface area contributed by atoms with Gasteiger partial charge in [-0.15, -0.1) is 0 Å². The van der Waals surface area contributed by atoms with Crippen LogP contribution in [0.4, 0.5) is 0 Å². The van der Waals surface area contributed by atoms with E-state index in [9.17, 15) is 0 Å². The summed E-state index contributed by atoms with van der Waals surface area (Å²) in [6.07, 6.45) is 0. The van der Waals surface area contributed by atoms with Crippen LogP contribution >= 0.6 is 34.8 Å². The zero-order chi connectivity index (χ0) is 37.7. The van der Waals surface area contributed by atoms with Gasteiger partial charge in [-0.05, 0) is 35.8 Å². The molecule has 8 rings (SSSR count). The van der Waals surface area contributed by atoms with Gasteiger partial charge in [0.25, 0.3) is 0 Å². The molecule has 2 N–H and O–H groups in total. The Balaban J connectivity index is 0.000000151. The molecule has 0 atom stereocenters. The Kier molecular flexibility index (Phi) is 13.3. The summed E-state index contributed by atoms with van der Waals surface area (Å²) in [6, 6.07) is 57.8. The fraction of sp³-hybridized carbons (Fsp3) is 0. The van der Waals surface area contributed by atoms with Crippen molar-refractivity contribution in [1.29, 1.82) is 0 Å². The van der Waals surface area contributed by atoms with E-state index in [-0.39, 0.29) is 0 Å². The van der Waals surface area contributed by atoms with Crippen LogP contribution in [0.5, 0.6) is 0 Å². The minimum absolute atomic E-state index is 0.449. The predicted molar refractivity (Wildman–Crippen MR) is 223 cm³/mol. The molecule has 54 heavy (non-hydrogen) atoms. The number of rotatable bonds is 6. The van der Waals surface area contributed by atoms with Crippen molar-refractivity contribution in [2.75, 3.05) is 0 Å². The maximum Gasteiger partial charge on any atom is 0.488 e. The molecule has 10 heteroatoms. The molecular formula is C44H32BCl3N4O2. The maximum atomic E-state index is 8.63. The number of hydrogen-bond donors (Lipinski definition) is 2. The molecule has 0 radical (unpaired) electrons. The molecule has 0 aliphatic rings. The lowest BCUT2D eigenvalue weighted by Crippen LogP contribution is -2.29. The number of hydrogen-bond acceptors (Lipinski definition) is 6. The first-order valence-corrected chi connectivity index (χ1v) is 18.0. The summed E-state index contributed by atoms with van der Waals surface area (Å²) in [7, 11) is -1.41. The lowest BCUT2D eigenvalue weighted by Gasteiger charge is -2.09. The first-order valence-electron chi connectivity index (χ1n) is 16.9. The summed E-state index contributed by atoms with van der Waals surface area (Å²) in [5.74, 6) is 1.36. The average molecular weight is 766 g/mol. The van der Waals surface area contributed by atoms with E-state index in [1.165, 1.54) is 0 Å². The van der Waals surface area contributed by atoms with Crippen molar-refractivity contribution >= 4 is 47.4 Å². The lowest BCUT2D eigenvalue weighted by molar-refractivity contribution is 0.426. The Morgan fingerprint density at radius 1 is 0.352 bits per heavy atom. The first-order chi connectivity index (χ1) is 26.3. The average Bonchev–Trinajstić information content (AvgIpc) is 3.23. The molecule has 0 aliphatic carbocycles. The Bertz CT molecular complexity index is 2260. The highest BCUT2D eigenvalue weighted by Crippen LogP contribution is 2.28. The van der Waals surface area contributed by atoms with Crippen LogP contribution in [0.25, 0.3) is 56.5 Å². The van der Waals surface area contributed by atoms with Crippen LogP contribution in [-0.2, 0) is 0 Å². The molecule has 2 aromatic heterocycles. The van der Waals surface area contributed by atoms with E-state index in [2.05, 4.69) is 22.1 Å². The zero-order valence-electron chi connectivity index (χ0n) is 28.7. The Morgan fingerprint density at radius 3 is 1.09 bits per heavy atom. The summed E-state index contributed by atoms with van der Waals surface area (Å²) in [5.41, 5.74) is 8.13. The number of halogens is 3. The third-order valence-electron chi connectivity index (χ3n) is 7.93. The minimum atomic E-state index is -1.41. The van der Waals surface area contributed by atoms with Crippen LogP contribution in [0.2, 0.25) is 15.2 Å². The Hall–Kier alpha value is -5.67. The fourth-order valence-corrected chi connectivity index (χ4v) is 5.65. The number of nitrogens with zero attached hydrogens (tertiary/aromatic N) is 4. The van der Waals surface area contributed by atoms with Gasteiger partial charge in [0, 0.05) is 43.9 Å². The van der Waals surface area contributed by atoms with E-state index in [0.717, 1.165) is 44.9 Å². The molecule has 0 aliphatic heterocycles.